The van der Waals surface area contributed by atoms with Crippen LogP contribution in [0.5, 0.6) is 0 Å². The number of fused-ring (bicyclic) bond motifs is 1. The summed E-state index contributed by atoms with van der Waals surface area (Å²) in [4.78, 5) is 22.4. The monoisotopic (exact) mass is 356 g/mol. The molecule has 0 saturated carbocycles. The minimum absolute atomic E-state index is 0.218. The van der Waals surface area contributed by atoms with Crippen molar-refractivity contribution in [3.05, 3.63) is 30.1 Å². The summed E-state index contributed by atoms with van der Waals surface area (Å²) in [6, 6.07) is 8.52. The van der Waals surface area contributed by atoms with E-state index in [1.165, 1.54) is 0 Å². The molecule has 5 heteroatoms. The summed E-state index contributed by atoms with van der Waals surface area (Å²) in [7, 11) is 2.16. The summed E-state index contributed by atoms with van der Waals surface area (Å²) in [5.74, 6) is 1.75. The van der Waals surface area contributed by atoms with Crippen molar-refractivity contribution in [1.82, 2.24) is 19.4 Å². The molecule has 0 unspecified atom stereocenters. The van der Waals surface area contributed by atoms with E-state index in [-0.39, 0.29) is 5.91 Å². The number of amides is 1. The van der Waals surface area contributed by atoms with E-state index in [1.54, 1.807) is 0 Å². The lowest BCUT2D eigenvalue weighted by molar-refractivity contribution is -0.134. The predicted molar refractivity (Wildman–Crippen MR) is 106 cm³/mol. The van der Waals surface area contributed by atoms with Crippen LogP contribution in [0.3, 0.4) is 0 Å². The molecule has 1 saturated heterocycles. The fourth-order valence-corrected chi connectivity index (χ4v) is 3.99. The van der Waals surface area contributed by atoms with E-state index in [9.17, 15) is 4.79 Å². The molecule has 1 amide bonds. The molecule has 0 atom stereocenters. The van der Waals surface area contributed by atoms with E-state index in [2.05, 4.69) is 48.3 Å². The fraction of sp³-hybridized carbons (Fsp3) is 0.619. The number of piperidine rings is 1. The number of imidazole rings is 1. The molecule has 0 N–H and O–H groups in total. The van der Waals surface area contributed by atoms with Crippen molar-refractivity contribution in [2.45, 2.75) is 52.6 Å². The first-order chi connectivity index (χ1) is 12.5. The molecule has 0 aliphatic carbocycles. The van der Waals surface area contributed by atoms with Crippen LogP contribution in [0.4, 0.5) is 0 Å². The fourth-order valence-electron chi connectivity index (χ4n) is 3.99. The highest BCUT2D eigenvalue weighted by molar-refractivity contribution is 5.81. The van der Waals surface area contributed by atoms with Crippen molar-refractivity contribution in [2.75, 3.05) is 26.7 Å². The SMILES string of the molecule is CCN(C(=O)Cn1c(CC(C)C)nc2ccccc21)C1CCN(C)CC1. The lowest BCUT2D eigenvalue weighted by Gasteiger charge is -2.37. The van der Waals surface area contributed by atoms with Crippen molar-refractivity contribution in [3.63, 3.8) is 0 Å². The topological polar surface area (TPSA) is 41.4 Å². The van der Waals surface area contributed by atoms with Gasteiger partial charge in [-0.3, -0.25) is 4.79 Å². The van der Waals surface area contributed by atoms with Crippen LogP contribution in [0.2, 0.25) is 0 Å². The third-order valence-electron chi connectivity index (χ3n) is 5.41. The molecule has 1 fully saturated rings. The van der Waals surface area contributed by atoms with Gasteiger partial charge in [-0.25, -0.2) is 4.98 Å². The number of para-hydroxylation sites is 2. The number of likely N-dealkylation sites (tertiary alicyclic amines) is 1. The van der Waals surface area contributed by atoms with E-state index >= 15 is 0 Å². The molecule has 1 aromatic carbocycles. The summed E-state index contributed by atoms with van der Waals surface area (Å²) in [6.07, 6.45) is 3.03. The summed E-state index contributed by atoms with van der Waals surface area (Å²) < 4.78 is 2.13. The van der Waals surface area contributed by atoms with Gasteiger partial charge in [0.25, 0.3) is 0 Å². The average molecular weight is 357 g/mol. The Balaban J connectivity index is 1.83. The lowest BCUT2D eigenvalue weighted by atomic mass is 10.0. The van der Waals surface area contributed by atoms with Crippen molar-refractivity contribution >= 4 is 16.9 Å². The largest absolute Gasteiger partial charge is 0.338 e. The smallest absolute Gasteiger partial charge is 0.242 e. The molecule has 1 aliphatic heterocycles. The van der Waals surface area contributed by atoms with Crippen LogP contribution in [-0.4, -0.2) is 58.0 Å². The summed E-state index contributed by atoms with van der Waals surface area (Å²) in [5.41, 5.74) is 2.05. The van der Waals surface area contributed by atoms with Crippen LogP contribution >= 0.6 is 0 Å². The first kappa shape index (κ1) is 18.9. The molecule has 142 valence electrons. The third-order valence-corrected chi connectivity index (χ3v) is 5.41. The number of hydrogen-bond donors (Lipinski definition) is 0. The van der Waals surface area contributed by atoms with E-state index < -0.39 is 0 Å². The third kappa shape index (κ3) is 4.09. The molecule has 1 aromatic heterocycles. The van der Waals surface area contributed by atoms with Gasteiger partial charge in [0, 0.05) is 19.0 Å². The summed E-state index contributed by atoms with van der Waals surface area (Å²) in [5, 5.41) is 0. The number of likely N-dealkylation sites (N-methyl/N-ethyl adjacent to an activating group) is 1. The second-order valence-corrected chi connectivity index (χ2v) is 7.92. The van der Waals surface area contributed by atoms with E-state index in [1.807, 2.05) is 18.2 Å². The van der Waals surface area contributed by atoms with Gasteiger partial charge in [0.15, 0.2) is 0 Å². The van der Waals surface area contributed by atoms with Crippen LogP contribution in [0.1, 0.15) is 39.4 Å². The Morgan fingerprint density at radius 3 is 2.62 bits per heavy atom. The van der Waals surface area contributed by atoms with Gasteiger partial charge in [-0.2, -0.15) is 0 Å². The molecular weight excluding hydrogens is 324 g/mol. The zero-order valence-corrected chi connectivity index (χ0v) is 16.6. The number of carbonyl (C=O) groups excluding carboxylic acids is 1. The van der Waals surface area contributed by atoms with Crippen LogP contribution in [0, 0.1) is 5.92 Å². The Kier molecular flexibility index (Phi) is 5.97. The van der Waals surface area contributed by atoms with E-state index in [0.717, 1.165) is 55.8 Å². The van der Waals surface area contributed by atoms with E-state index in [4.69, 9.17) is 4.98 Å². The van der Waals surface area contributed by atoms with E-state index in [0.29, 0.717) is 18.5 Å². The zero-order valence-electron chi connectivity index (χ0n) is 16.6. The standard InChI is InChI=1S/C21H32N4O/c1-5-24(17-10-12-23(4)13-11-17)21(26)15-25-19-9-7-6-8-18(19)22-20(25)14-16(2)3/h6-9,16-17H,5,10-15H2,1-4H3. The minimum atomic E-state index is 0.218. The van der Waals surface area contributed by atoms with Gasteiger partial charge in [-0.1, -0.05) is 26.0 Å². The number of rotatable bonds is 6. The Labute approximate surface area is 157 Å². The van der Waals surface area contributed by atoms with Crippen molar-refractivity contribution in [2.24, 2.45) is 5.92 Å². The van der Waals surface area contributed by atoms with Gasteiger partial charge in [0.1, 0.15) is 12.4 Å². The molecule has 3 rings (SSSR count). The van der Waals surface area contributed by atoms with Crippen LogP contribution < -0.4 is 0 Å². The molecule has 0 spiro atoms. The molecular formula is C21H32N4O. The normalized spacial score (nSPS) is 16.5. The Morgan fingerprint density at radius 2 is 1.96 bits per heavy atom. The van der Waals surface area contributed by atoms with Crippen molar-refractivity contribution in [1.29, 1.82) is 0 Å². The van der Waals surface area contributed by atoms with Crippen molar-refractivity contribution in [3.8, 4) is 0 Å². The highest BCUT2D eigenvalue weighted by Gasteiger charge is 2.26. The minimum Gasteiger partial charge on any atom is -0.338 e. The molecule has 26 heavy (non-hydrogen) atoms. The lowest BCUT2D eigenvalue weighted by Crippen LogP contribution is -2.47. The first-order valence-electron chi connectivity index (χ1n) is 9.91. The first-order valence-corrected chi connectivity index (χ1v) is 9.91. The molecule has 0 bridgehead atoms. The number of hydrogen-bond acceptors (Lipinski definition) is 3. The van der Waals surface area contributed by atoms with Gasteiger partial charge < -0.3 is 14.4 Å². The van der Waals surface area contributed by atoms with Gasteiger partial charge in [-0.05, 0) is 58.0 Å². The van der Waals surface area contributed by atoms with Crippen LogP contribution in [-0.2, 0) is 17.8 Å². The Hall–Kier alpha value is -1.88. The highest BCUT2D eigenvalue weighted by atomic mass is 16.2. The molecule has 1 aliphatic rings. The highest BCUT2D eigenvalue weighted by Crippen LogP contribution is 2.21. The zero-order chi connectivity index (χ0) is 18.7. The van der Waals surface area contributed by atoms with Gasteiger partial charge in [0.2, 0.25) is 5.91 Å². The predicted octanol–water partition coefficient (Wildman–Crippen LogP) is 3.18. The van der Waals surface area contributed by atoms with Gasteiger partial charge in [0.05, 0.1) is 11.0 Å². The number of nitrogens with zero attached hydrogens (tertiary/aromatic N) is 4. The second kappa shape index (κ2) is 8.21. The maximum absolute atomic E-state index is 13.2. The van der Waals surface area contributed by atoms with Gasteiger partial charge in [-0.15, -0.1) is 0 Å². The Bertz CT molecular complexity index is 744. The summed E-state index contributed by atoms with van der Waals surface area (Å²) in [6.45, 7) is 9.80. The van der Waals surface area contributed by atoms with Crippen LogP contribution in [0.15, 0.2) is 24.3 Å². The molecule has 2 heterocycles. The quantitative estimate of drug-likeness (QED) is 0.798. The van der Waals surface area contributed by atoms with Crippen LogP contribution in [0.25, 0.3) is 11.0 Å². The number of aromatic nitrogens is 2. The maximum atomic E-state index is 13.2. The molecule has 2 aromatic rings. The maximum Gasteiger partial charge on any atom is 0.242 e. The molecule has 5 nitrogen and oxygen atoms in total. The van der Waals surface area contributed by atoms with Crippen molar-refractivity contribution < 1.29 is 4.79 Å². The second-order valence-electron chi connectivity index (χ2n) is 7.92. The Morgan fingerprint density at radius 1 is 1.27 bits per heavy atom. The molecule has 0 radical (unpaired) electrons. The van der Waals surface area contributed by atoms with Gasteiger partial charge >= 0.3 is 0 Å². The summed E-state index contributed by atoms with van der Waals surface area (Å²) >= 11 is 0. The number of benzene rings is 1. The number of carbonyl (C=O) groups is 1. The average Bonchev–Trinajstić information content (AvgIpc) is 2.94.